The smallest absolute Gasteiger partial charge is 0.293 e. The van der Waals surface area contributed by atoms with Crippen LogP contribution in [0.3, 0.4) is 0 Å². The Morgan fingerprint density at radius 1 is 1.22 bits per heavy atom. The zero-order chi connectivity index (χ0) is 17.8. The van der Waals surface area contributed by atoms with Crippen LogP contribution in [0.1, 0.15) is 47.1 Å². The molecule has 0 aliphatic rings. The number of rotatable bonds is 7. The van der Waals surface area contributed by atoms with E-state index >= 15 is 0 Å². The van der Waals surface area contributed by atoms with E-state index in [0.717, 1.165) is 13.1 Å². The average molecular weight is 317 g/mol. The maximum absolute atomic E-state index is 11.6. The Labute approximate surface area is 139 Å². The lowest BCUT2D eigenvalue weighted by Gasteiger charge is -2.28. The summed E-state index contributed by atoms with van der Waals surface area (Å²) in [4.78, 5) is 16.9. The monoisotopic (exact) mass is 317 g/mol. The maximum atomic E-state index is 11.6. The molecule has 0 aliphatic heterocycles. The third-order valence-electron chi connectivity index (χ3n) is 3.67. The highest BCUT2D eigenvalue weighted by atomic mass is 16.6. The van der Waals surface area contributed by atoms with Crippen LogP contribution >= 0.6 is 0 Å². The lowest BCUT2D eigenvalue weighted by molar-refractivity contribution is -0.384. The third kappa shape index (κ3) is 4.95. The van der Waals surface area contributed by atoms with E-state index in [4.69, 9.17) is 6.57 Å². The molecule has 23 heavy (non-hydrogen) atoms. The summed E-state index contributed by atoms with van der Waals surface area (Å²) in [6.07, 6.45) is 0. The van der Waals surface area contributed by atoms with Gasteiger partial charge in [-0.15, -0.1) is 0 Å². The van der Waals surface area contributed by atoms with Crippen molar-refractivity contribution in [2.24, 2.45) is 11.8 Å². The Hall–Kier alpha value is -2.09. The van der Waals surface area contributed by atoms with E-state index < -0.39 is 5.54 Å². The molecule has 0 aromatic heterocycles. The minimum atomic E-state index is -0.760. The first kappa shape index (κ1) is 19.0. The van der Waals surface area contributed by atoms with Crippen LogP contribution in [0.4, 0.5) is 11.4 Å². The Bertz CT molecular complexity index is 591. The largest absolute Gasteiger partial charge is 0.365 e. The average Bonchev–Trinajstić information content (AvgIpc) is 2.44. The number of nitro benzene ring substituents is 1. The SMILES string of the molecule is [C-]#[N+]C(C)(C)c1ccc(N(CC(C)C)CC(C)C)c([N+](=O)[O-])c1. The summed E-state index contributed by atoms with van der Waals surface area (Å²) in [5.74, 6) is 0.820. The van der Waals surface area contributed by atoms with E-state index in [1.54, 1.807) is 26.0 Å². The summed E-state index contributed by atoms with van der Waals surface area (Å²) < 4.78 is 0. The molecule has 0 N–H and O–H groups in total. The number of hydrogen-bond acceptors (Lipinski definition) is 3. The van der Waals surface area contributed by atoms with Gasteiger partial charge < -0.3 is 9.74 Å². The van der Waals surface area contributed by atoms with Crippen LogP contribution in [0.15, 0.2) is 18.2 Å². The second-order valence-electron chi connectivity index (χ2n) is 7.32. The highest BCUT2D eigenvalue weighted by Crippen LogP contribution is 2.35. The second-order valence-corrected chi connectivity index (χ2v) is 7.32. The zero-order valence-electron chi connectivity index (χ0n) is 15.0. The number of anilines is 1. The molecule has 126 valence electrons. The Morgan fingerprint density at radius 3 is 2.13 bits per heavy atom. The van der Waals surface area contributed by atoms with Crippen LogP contribution in [-0.2, 0) is 5.54 Å². The van der Waals surface area contributed by atoms with E-state index in [9.17, 15) is 10.1 Å². The van der Waals surface area contributed by atoms with Gasteiger partial charge in [-0.1, -0.05) is 27.7 Å². The van der Waals surface area contributed by atoms with Gasteiger partial charge in [-0.25, -0.2) is 6.57 Å². The first-order chi connectivity index (χ1) is 10.6. The molecular weight excluding hydrogens is 290 g/mol. The van der Waals surface area contributed by atoms with Gasteiger partial charge in [0.15, 0.2) is 0 Å². The van der Waals surface area contributed by atoms with Crippen LogP contribution in [-0.4, -0.2) is 18.0 Å². The van der Waals surface area contributed by atoms with E-state index in [0.29, 0.717) is 23.1 Å². The van der Waals surface area contributed by atoms with E-state index in [2.05, 4.69) is 37.4 Å². The first-order valence-corrected chi connectivity index (χ1v) is 8.01. The van der Waals surface area contributed by atoms with Crippen molar-refractivity contribution >= 4 is 11.4 Å². The quantitative estimate of drug-likeness (QED) is 0.409. The normalized spacial score (nSPS) is 11.6. The van der Waals surface area contributed by atoms with Crippen LogP contribution in [0.2, 0.25) is 0 Å². The van der Waals surface area contributed by atoms with E-state index in [1.165, 1.54) is 0 Å². The summed E-state index contributed by atoms with van der Waals surface area (Å²) in [5, 5.41) is 11.6. The van der Waals surface area contributed by atoms with Gasteiger partial charge in [0.05, 0.1) is 4.92 Å². The predicted octanol–water partition coefficient (Wildman–Crippen LogP) is 4.87. The van der Waals surface area contributed by atoms with Crippen molar-refractivity contribution in [1.29, 1.82) is 0 Å². The van der Waals surface area contributed by atoms with Gasteiger partial charge in [0.2, 0.25) is 0 Å². The van der Waals surface area contributed by atoms with Gasteiger partial charge in [0.25, 0.3) is 11.2 Å². The molecule has 0 spiro atoms. The third-order valence-corrected chi connectivity index (χ3v) is 3.67. The molecular formula is C18H27N3O2. The summed E-state index contributed by atoms with van der Waals surface area (Å²) in [5.41, 5.74) is 0.643. The standard InChI is InChI=1S/C18H27N3O2/c1-13(2)11-20(12-14(3)4)16-9-8-15(18(5,6)19-7)10-17(16)21(22)23/h8-10,13-14H,11-12H2,1-6H3. The van der Waals surface area contributed by atoms with Crippen molar-refractivity contribution < 1.29 is 4.92 Å². The minimum absolute atomic E-state index is 0.0838. The molecule has 0 amide bonds. The highest BCUT2D eigenvalue weighted by Gasteiger charge is 2.30. The van der Waals surface area contributed by atoms with Crippen molar-refractivity contribution in [1.82, 2.24) is 0 Å². The van der Waals surface area contributed by atoms with Gasteiger partial charge in [-0.3, -0.25) is 10.1 Å². The summed E-state index contributed by atoms with van der Waals surface area (Å²) in [6, 6.07) is 5.19. The topological polar surface area (TPSA) is 50.7 Å². The fourth-order valence-electron chi connectivity index (χ4n) is 2.53. The predicted molar refractivity (Wildman–Crippen MR) is 94.6 cm³/mol. The fraction of sp³-hybridized carbons (Fsp3) is 0.611. The van der Waals surface area contributed by atoms with Gasteiger partial charge in [0.1, 0.15) is 5.69 Å². The Kier molecular flexibility index (Phi) is 6.14. The molecule has 0 saturated carbocycles. The van der Waals surface area contributed by atoms with E-state index in [1.807, 2.05) is 6.07 Å². The summed E-state index contributed by atoms with van der Waals surface area (Å²) >= 11 is 0. The van der Waals surface area contributed by atoms with Crippen molar-refractivity contribution in [2.45, 2.75) is 47.1 Å². The van der Waals surface area contributed by atoms with Gasteiger partial charge in [-0.05, 0) is 24.0 Å². The van der Waals surface area contributed by atoms with Crippen LogP contribution in [0.5, 0.6) is 0 Å². The lowest BCUT2D eigenvalue weighted by atomic mass is 9.94. The molecule has 1 aromatic carbocycles. The minimum Gasteiger partial charge on any atom is -0.365 e. The Morgan fingerprint density at radius 2 is 1.74 bits per heavy atom. The fourth-order valence-corrected chi connectivity index (χ4v) is 2.53. The Balaban J connectivity index is 3.38. The molecule has 0 fully saturated rings. The molecule has 0 heterocycles. The molecule has 1 aromatic rings. The van der Waals surface area contributed by atoms with Crippen molar-refractivity contribution in [3.05, 3.63) is 45.3 Å². The van der Waals surface area contributed by atoms with Crippen LogP contribution in [0, 0.1) is 28.5 Å². The lowest BCUT2D eigenvalue weighted by Crippen LogP contribution is -2.32. The maximum Gasteiger partial charge on any atom is 0.293 e. The van der Waals surface area contributed by atoms with E-state index in [-0.39, 0.29) is 10.6 Å². The number of nitro groups is 1. The number of nitrogens with zero attached hydrogens (tertiary/aromatic N) is 3. The zero-order valence-corrected chi connectivity index (χ0v) is 15.0. The van der Waals surface area contributed by atoms with Gasteiger partial charge in [-0.2, -0.15) is 0 Å². The summed E-state index contributed by atoms with van der Waals surface area (Å²) in [6.45, 7) is 20.8. The number of benzene rings is 1. The van der Waals surface area contributed by atoms with Crippen LogP contribution < -0.4 is 4.90 Å². The van der Waals surface area contributed by atoms with Gasteiger partial charge in [0, 0.05) is 38.6 Å². The molecule has 0 bridgehead atoms. The molecule has 0 aliphatic carbocycles. The van der Waals surface area contributed by atoms with Crippen molar-refractivity contribution in [2.75, 3.05) is 18.0 Å². The highest BCUT2D eigenvalue weighted by molar-refractivity contribution is 5.65. The van der Waals surface area contributed by atoms with Crippen molar-refractivity contribution in [3.8, 4) is 0 Å². The molecule has 1 rings (SSSR count). The van der Waals surface area contributed by atoms with Gasteiger partial charge >= 0.3 is 0 Å². The second kappa shape index (κ2) is 7.45. The molecule has 0 radical (unpaired) electrons. The summed E-state index contributed by atoms with van der Waals surface area (Å²) in [7, 11) is 0. The van der Waals surface area contributed by atoms with Crippen molar-refractivity contribution in [3.63, 3.8) is 0 Å². The van der Waals surface area contributed by atoms with Crippen LogP contribution in [0.25, 0.3) is 4.85 Å². The molecule has 5 heteroatoms. The molecule has 0 saturated heterocycles. The molecule has 0 unspecified atom stereocenters. The molecule has 5 nitrogen and oxygen atoms in total. The first-order valence-electron chi connectivity index (χ1n) is 8.01. The number of hydrogen-bond donors (Lipinski definition) is 0. The molecule has 0 atom stereocenters.